The normalized spacial score (nSPS) is 10.8. The summed E-state index contributed by atoms with van der Waals surface area (Å²) in [6.45, 7) is 0. The molecule has 1 aromatic carbocycles. The second-order valence-corrected chi connectivity index (χ2v) is 5.14. The van der Waals surface area contributed by atoms with Crippen molar-refractivity contribution in [3.63, 3.8) is 0 Å². The third kappa shape index (κ3) is 1.85. The summed E-state index contributed by atoms with van der Waals surface area (Å²) in [5.41, 5.74) is -0.148. The molecule has 0 aliphatic rings. The third-order valence-electron chi connectivity index (χ3n) is 3.00. The van der Waals surface area contributed by atoms with Crippen molar-refractivity contribution in [1.82, 2.24) is 9.71 Å². The van der Waals surface area contributed by atoms with Crippen LogP contribution in [0.25, 0.3) is 22.2 Å². The van der Waals surface area contributed by atoms with Gasteiger partial charge in [-0.1, -0.05) is 28.1 Å². The van der Waals surface area contributed by atoms with Crippen LogP contribution in [0.15, 0.2) is 51.9 Å². The summed E-state index contributed by atoms with van der Waals surface area (Å²) in [7, 11) is 0. The van der Waals surface area contributed by atoms with E-state index in [0.717, 1.165) is 4.47 Å². The lowest BCUT2D eigenvalue weighted by atomic mass is 10.0. The molecule has 0 fully saturated rings. The van der Waals surface area contributed by atoms with Gasteiger partial charge in [-0.2, -0.15) is 0 Å². The van der Waals surface area contributed by atoms with Crippen LogP contribution in [0.5, 0.6) is 5.75 Å². The Morgan fingerprint density at radius 3 is 2.75 bits per heavy atom. The van der Waals surface area contributed by atoms with Gasteiger partial charge in [0.15, 0.2) is 5.65 Å². The number of aromatic nitrogens is 2. The van der Waals surface area contributed by atoms with Gasteiger partial charge < -0.3 is 10.3 Å². The molecule has 2 aromatic heterocycles. The van der Waals surface area contributed by atoms with E-state index in [2.05, 4.69) is 20.9 Å². The van der Waals surface area contributed by atoms with Crippen molar-refractivity contribution in [2.24, 2.45) is 0 Å². The molecule has 2 N–H and O–H groups in total. The van der Waals surface area contributed by atoms with Crippen molar-refractivity contribution in [1.29, 1.82) is 0 Å². The van der Waals surface area contributed by atoms with Crippen LogP contribution in [0.2, 0.25) is 0 Å². The molecule has 0 saturated carbocycles. The summed E-state index contributed by atoms with van der Waals surface area (Å²) in [6.07, 6.45) is 1.44. The van der Waals surface area contributed by atoms with E-state index >= 15 is 0 Å². The Hall–Kier alpha value is -2.34. The van der Waals surface area contributed by atoms with Gasteiger partial charge >= 0.3 is 0 Å². The number of pyridine rings is 2. The fourth-order valence-electron chi connectivity index (χ4n) is 2.09. The fourth-order valence-corrected chi connectivity index (χ4v) is 2.49. The van der Waals surface area contributed by atoms with Crippen molar-refractivity contribution in [2.45, 2.75) is 0 Å². The predicted molar refractivity (Wildman–Crippen MR) is 78.0 cm³/mol. The van der Waals surface area contributed by atoms with Crippen LogP contribution < -0.4 is 5.56 Å². The largest absolute Gasteiger partial charge is 0.506 e. The van der Waals surface area contributed by atoms with Crippen LogP contribution in [-0.4, -0.2) is 20.0 Å². The lowest BCUT2D eigenvalue weighted by Crippen LogP contribution is -2.20. The molecule has 5 nitrogen and oxygen atoms in total. The molecule has 6 heteroatoms. The number of fused-ring (bicyclic) bond motifs is 1. The van der Waals surface area contributed by atoms with Crippen LogP contribution in [0.1, 0.15) is 0 Å². The summed E-state index contributed by atoms with van der Waals surface area (Å²) in [5.74, 6) is -0.193. The number of rotatable bonds is 1. The second kappa shape index (κ2) is 4.64. The third-order valence-corrected chi connectivity index (χ3v) is 3.49. The van der Waals surface area contributed by atoms with Gasteiger partial charge in [0.1, 0.15) is 5.75 Å². The molecular weight excluding hydrogens is 324 g/mol. The molecule has 0 amide bonds. The molecule has 0 saturated heterocycles. The molecule has 3 aromatic rings. The van der Waals surface area contributed by atoms with E-state index in [4.69, 9.17) is 0 Å². The van der Waals surface area contributed by atoms with Crippen molar-refractivity contribution in [3.05, 3.63) is 57.4 Å². The van der Waals surface area contributed by atoms with Crippen molar-refractivity contribution in [2.75, 3.05) is 0 Å². The van der Waals surface area contributed by atoms with Crippen LogP contribution in [-0.2, 0) is 0 Å². The van der Waals surface area contributed by atoms with Crippen molar-refractivity contribution >= 4 is 27.0 Å². The van der Waals surface area contributed by atoms with Gasteiger partial charge in [-0.15, -0.1) is 4.73 Å². The summed E-state index contributed by atoms with van der Waals surface area (Å²) < 4.78 is 1.22. The van der Waals surface area contributed by atoms with Crippen molar-refractivity contribution in [3.8, 4) is 16.9 Å². The van der Waals surface area contributed by atoms with Gasteiger partial charge in [0.2, 0.25) is 0 Å². The Labute approximate surface area is 121 Å². The average molecular weight is 333 g/mol. The smallest absolute Gasteiger partial charge is 0.296 e. The first kappa shape index (κ1) is 12.7. The Morgan fingerprint density at radius 2 is 2.00 bits per heavy atom. The van der Waals surface area contributed by atoms with E-state index in [1.54, 1.807) is 36.4 Å². The highest BCUT2D eigenvalue weighted by Crippen LogP contribution is 2.32. The number of nitrogens with zero attached hydrogens (tertiary/aromatic N) is 2. The SMILES string of the molecule is O=c1c(-c2cccc(Br)c2)c(O)c2cccnc2n1O. The van der Waals surface area contributed by atoms with Gasteiger partial charge in [-0.05, 0) is 29.8 Å². The van der Waals surface area contributed by atoms with Gasteiger partial charge in [0, 0.05) is 10.7 Å². The van der Waals surface area contributed by atoms with E-state index in [1.165, 1.54) is 6.20 Å². The molecule has 20 heavy (non-hydrogen) atoms. The number of hydrogen-bond donors (Lipinski definition) is 2. The molecule has 0 aliphatic heterocycles. The Morgan fingerprint density at radius 1 is 1.20 bits per heavy atom. The van der Waals surface area contributed by atoms with Gasteiger partial charge in [0.25, 0.3) is 5.56 Å². The Kier molecular flexibility index (Phi) is 2.94. The average Bonchev–Trinajstić information content (AvgIpc) is 2.45. The minimum Gasteiger partial charge on any atom is -0.506 e. The highest BCUT2D eigenvalue weighted by Gasteiger charge is 2.18. The number of halogens is 1. The van der Waals surface area contributed by atoms with E-state index in [-0.39, 0.29) is 17.0 Å². The molecule has 0 atom stereocenters. The Bertz CT molecular complexity index is 874. The predicted octanol–water partition coefficient (Wildman–Crippen LogP) is 2.77. The molecular formula is C14H9BrN2O3. The molecule has 3 rings (SSSR count). The monoisotopic (exact) mass is 332 g/mol. The zero-order chi connectivity index (χ0) is 14.3. The van der Waals surface area contributed by atoms with Crippen LogP contribution in [0.4, 0.5) is 0 Å². The topological polar surface area (TPSA) is 75.3 Å². The quantitative estimate of drug-likeness (QED) is 0.672. The highest BCUT2D eigenvalue weighted by atomic mass is 79.9. The molecule has 0 spiro atoms. The molecule has 0 aliphatic carbocycles. The van der Waals surface area contributed by atoms with Gasteiger partial charge in [0.05, 0.1) is 10.9 Å². The van der Waals surface area contributed by atoms with Gasteiger partial charge in [-0.25, -0.2) is 4.98 Å². The minimum absolute atomic E-state index is 0.0220. The first-order valence-corrected chi connectivity index (χ1v) is 6.57. The minimum atomic E-state index is -0.716. The van der Waals surface area contributed by atoms with Crippen LogP contribution in [0.3, 0.4) is 0 Å². The number of hydrogen-bond acceptors (Lipinski definition) is 4. The zero-order valence-electron chi connectivity index (χ0n) is 10.1. The van der Waals surface area contributed by atoms with E-state index in [1.807, 2.05) is 0 Å². The molecule has 100 valence electrons. The lowest BCUT2D eigenvalue weighted by molar-refractivity contribution is 0.186. The van der Waals surface area contributed by atoms with Crippen LogP contribution in [0, 0.1) is 0 Å². The summed E-state index contributed by atoms with van der Waals surface area (Å²) in [4.78, 5) is 16.1. The highest BCUT2D eigenvalue weighted by molar-refractivity contribution is 9.10. The zero-order valence-corrected chi connectivity index (χ0v) is 11.7. The van der Waals surface area contributed by atoms with Crippen LogP contribution >= 0.6 is 15.9 Å². The van der Waals surface area contributed by atoms with E-state index in [0.29, 0.717) is 15.7 Å². The maximum Gasteiger partial charge on any atom is 0.296 e. The number of aromatic hydroxyl groups is 1. The molecule has 0 bridgehead atoms. The molecule has 0 radical (unpaired) electrons. The van der Waals surface area contributed by atoms with E-state index < -0.39 is 5.56 Å². The van der Waals surface area contributed by atoms with E-state index in [9.17, 15) is 15.1 Å². The fraction of sp³-hybridized carbons (Fsp3) is 0. The van der Waals surface area contributed by atoms with Crippen molar-refractivity contribution < 1.29 is 10.3 Å². The summed E-state index contributed by atoms with van der Waals surface area (Å²) >= 11 is 3.31. The standard InChI is InChI=1S/C14H9BrN2O3/c15-9-4-1-3-8(7-9)11-12(18)10-5-2-6-16-13(10)17(20)14(11)19/h1-7,18,20H. The molecule has 2 heterocycles. The second-order valence-electron chi connectivity index (χ2n) is 4.23. The number of benzene rings is 1. The first-order chi connectivity index (χ1) is 9.59. The first-order valence-electron chi connectivity index (χ1n) is 5.77. The molecule has 0 unspecified atom stereocenters. The van der Waals surface area contributed by atoms with Gasteiger partial charge in [-0.3, -0.25) is 4.79 Å². The Balaban J connectivity index is 2.46. The lowest BCUT2D eigenvalue weighted by Gasteiger charge is -2.10. The summed E-state index contributed by atoms with van der Waals surface area (Å²) in [5, 5.41) is 20.5. The summed E-state index contributed by atoms with van der Waals surface area (Å²) in [6, 6.07) is 10.1. The maximum atomic E-state index is 12.2. The maximum absolute atomic E-state index is 12.2.